The van der Waals surface area contributed by atoms with Gasteiger partial charge in [0.25, 0.3) is 0 Å². The Kier molecular flexibility index (Phi) is 7.88. The molecule has 1 atom stereocenters. The molecule has 118 valence electrons. The van der Waals surface area contributed by atoms with Gasteiger partial charge in [-0.25, -0.2) is 0 Å². The maximum Gasteiger partial charge on any atom is 0.311 e. The van der Waals surface area contributed by atoms with Crippen molar-refractivity contribution in [3.05, 3.63) is 29.3 Å². The van der Waals surface area contributed by atoms with E-state index in [0.29, 0.717) is 12.1 Å². The number of hydrogen-bond donors (Lipinski definition) is 2. The summed E-state index contributed by atoms with van der Waals surface area (Å²) in [7, 11) is 0. The van der Waals surface area contributed by atoms with Crippen molar-refractivity contribution in [3.8, 4) is 0 Å². The molecule has 0 aliphatic heterocycles. The topological polar surface area (TPSA) is 63.3 Å². The Labute approximate surface area is 128 Å². The lowest BCUT2D eigenvalue weighted by molar-refractivity contribution is -0.139. The van der Waals surface area contributed by atoms with E-state index in [1.807, 2.05) is 25.1 Å². The van der Waals surface area contributed by atoms with Crippen molar-refractivity contribution in [2.75, 3.05) is 5.73 Å². The first-order valence-corrected chi connectivity index (χ1v) is 8.15. The third-order valence-electron chi connectivity index (χ3n) is 4.01. The van der Waals surface area contributed by atoms with Crippen LogP contribution in [0.4, 0.5) is 5.69 Å². The molecule has 3 N–H and O–H groups in total. The summed E-state index contributed by atoms with van der Waals surface area (Å²) in [4.78, 5) is 11.5. The zero-order chi connectivity index (χ0) is 15.7. The highest BCUT2D eigenvalue weighted by Crippen LogP contribution is 2.28. The molecule has 0 heterocycles. The molecule has 0 fully saturated rings. The van der Waals surface area contributed by atoms with Crippen LogP contribution in [0, 0.1) is 6.92 Å². The lowest BCUT2D eigenvalue weighted by atomic mass is 9.90. The van der Waals surface area contributed by atoms with Crippen LogP contribution in [-0.2, 0) is 4.79 Å². The first kappa shape index (κ1) is 17.5. The highest BCUT2D eigenvalue weighted by atomic mass is 16.4. The number of benzene rings is 1. The summed E-state index contributed by atoms with van der Waals surface area (Å²) in [5.41, 5.74) is 8.38. The number of unbranched alkanes of at least 4 members (excludes halogenated alkanes) is 6. The number of anilines is 1. The van der Waals surface area contributed by atoms with Gasteiger partial charge in [0.2, 0.25) is 0 Å². The number of carbonyl (C=O) groups is 1. The molecule has 0 aromatic heterocycles. The third-order valence-corrected chi connectivity index (χ3v) is 4.01. The van der Waals surface area contributed by atoms with Crippen molar-refractivity contribution in [2.45, 2.75) is 71.1 Å². The second-order valence-corrected chi connectivity index (χ2v) is 5.93. The molecule has 0 bridgehead atoms. The third kappa shape index (κ3) is 6.19. The van der Waals surface area contributed by atoms with Crippen LogP contribution in [0.15, 0.2) is 18.2 Å². The fourth-order valence-corrected chi connectivity index (χ4v) is 2.71. The van der Waals surface area contributed by atoms with E-state index in [1.54, 1.807) is 0 Å². The lowest BCUT2D eigenvalue weighted by Crippen LogP contribution is -2.13. The van der Waals surface area contributed by atoms with E-state index in [-0.39, 0.29) is 0 Å². The number of carboxylic acids is 1. The number of rotatable bonds is 10. The maximum atomic E-state index is 11.5. The molecule has 3 nitrogen and oxygen atoms in total. The highest BCUT2D eigenvalue weighted by molar-refractivity contribution is 5.78. The van der Waals surface area contributed by atoms with E-state index in [0.717, 1.165) is 24.0 Å². The van der Waals surface area contributed by atoms with Crippen LogP contribution in [0.3, 0.4) is 0 Å². The van der Waals surface area contributed by atoms with E-state index in [2.05, 4.69) is 6.92 Å². The van der Waals surface area contributed by atoms with Gasteiger partial charge in [0.1, 0.15) is 0 Å². The molecule has 1 unspecified atom stereocenters. The summed E-state index contributed by atoms with van der Waals surface area (Å²) < 4.78 is 0. The Balaban J connectivity index is 2.47. The Morgan fingerprint density at radius 1 is 1.14 bits per heavy atom. The molecule has 0 aliphatic rings. The Bertz CT molecular complexity index is 443. The molecular formula is C18H29NO2. The molecule has 0 aliphatic carbocycles. The lowest BCUT2D eigenvalue weighted by Gasteiger charge is -2.15. The maximum absolute atomic E-state index is 11.5. The normalized spacial score (nSPS) is 12.3. The number of nitrogens with two attached hydrogens (primary N) is 1. The Morgan fingerprint density at radius 3 is 2.38 bits per heavy atom. The van der Waals surface area contributed by atoms with Gasteiger partial charge in [-0.3, -0.25) is 4.79 Å². The molecule has 1 rings (SSSR count). The average molecular weight is 291 g/mol. The number of aliphatic carboxylic acids is 1. The van der Waals surface area contributed by atoms with Crippen LogP contribution in [0.2, 0.25) is 0 Å². The molecule has 3 heteroatoms. The first-order valence-electron chi connectivity index (χ1n) is 8.15. The summed E-state index contributed by atoms with van der Waals surface area (Å²) in [6.07, 6.45) is 9.06. The van der Waals surface area contributed by atoms with E-state index < -0.39 is 11.9 Å². The van der Waals surface area contributed by atoms with Gasteiger partial charge >= 0.3 is 5.97 Å². The molecule has 21 heavy (non-hydrogen) atoms. The average Bonchev–Trinajstić information content (AvgIpc) is 2.44. The quantitative estimate of drug-likeness (QED) is 0.476. The summed E-state index contributed by atoms with van der Waals surface area (Å²) >= 11 is 0. The Morgan fingerprint density at radius 2 is 1.76 bits per heavy atom. The second-order valence-electron chi connectivity index (χ2n) is 5.93. The predicted molar refractivity (Wildman–Crippen MR) is 88.6 cm³/mol. The van der Waals surface area contributed by atoms with Crippen molar-refractivity contribution >= 4 is 11.7 Å². The predicted octanol–water partition coefficient (Wildman–Crippen LogP) is 4.89. The molecule has 0 saturated heterocycles. The smallest absolute Gasteiger partial charge is 0.311 e. The largest absolute Gasteiger partial charge is 0.481 e. The van der Waals surface area contributed by atoms with Crippen molar-refractivity contribution in [2.24, 2.45) is 0 Å². The minimum atomic E-state index is -0.765. The van der Waals surface area contributed by atoms with Crippen LogP contribution < -0.4 is 5.73 Å². The number of nitrogen functional groups attached to an aromatic ring is 1. The van der Waals surface area contributed by atoms with Crippen LogP contribution >= 0.6 is 0 Å². The van der Waals surface area contributed by atoms with Crippen LogP contribution in [0.1, 0.15) is 75.3 Å². The summed E-state index contributed by atoms with van der Waals surface area (Å²) in [5, 5.41) is 9.46. The van der Waals surface area contributed by atoms with E-state index in [1.165, 1.54) is 32.1 Å². The van der Waals surface area contributed by atoms with E-state index in [4.69, 9.17) is 5.73 Å². The Hall–Kier alpha value is -1.51. The van der Waals surface area contributed by atoms with Gasteiger partial charge in [0, 0.05) is 5.69 Å². The van der Waals surface area contributed by atoms with Gasteiger partial charge in [-0.1, -0.05) is 69.6 Å². The summed E-state index contributed by atoms with van der Waals surface area (Å²) in [6, 6.07) is 5.65. The van der Waals surface area contributed by atoms with Gasteiger partial charge in [-0.2, -0.15) is 0 Å². The van der Waals surface area contributed by atoms with Gasteiger partial charge in [-0.15, -0.1) is 0 Å². The van der Waals surface area contributed by atoms with Gasteiger partial charge < -0.3 is 10.8 Å². The van der Waals surface area contributed by atoms with Gasteiger partial charge in [-0.05, 0) is 25.0 Å². The molecule has 1 aromatic carbocycles. The van der Waals surface area contributed by atoms with Crippen LogP contribution in [0.5, 0.6) is 0 Å². The second kappa shape index (κ2) is 9.43. The minimum absolute atomic E-state index is 0.472. The minimum Gasteiger partial charge on any atom is -0.481 e. The van der Waals surface area contributed by atoms with Crippen molar-refractivity contribution in [1.82, 2.24) is 0 Å². The molecule has 1 aromatic rings. The van der Waals surface area contributed by atoms with Crippen LogP contribution in [-0.4, -0.2) is 11.1 Å². The van der Waals surface area contributed by atoms with E-state index in [9.17, 15) is 9.90 Å². The highest BCUT2D eigenvalue weighted by Gasteiger charge is 2.21. The zero-order valence-corrected chi connectivity index (χ0v) is 13.4. The van der Waals surface area contributed by atoms with Crippen molar-refractivity contribution < 1.29 is 9.90 Å². The van der Waals surface area contributed by atoms with E-state index >= 15 is 0 Å². The summed E-state index contributed by atoms with van der Waals surface area (Å²) in [6.45, 7) is 4.18. The zero-order valence-electron chi connectivity index (χ0n) is 13.4. The monoisotopic (exact) mass is 291 g/mol. The molecule has 0 saturated carbocycles. The van der Waals surface area contributed by atoms with Gasteiger partial charge in [0.15, 0.2) is 0 Å². The number of carboxylic acid groups (broad SMARTS) is 1. The van der Waals surface area contributed by atoms with Crippen molar-refractivity contribution in [1.29, 1.82) is 0 Å². The molecule has 0 radical (unpaired) electrons. The fourth-order valence-electron chi connectivity index (χ4n) is 2.71. The van der Waals surface area contributed by atoms with Gasteiger partial charge in [0.05, 0.1) is 5.92 Å². The number of aryl methyl sites for hydroxylation is 1. The molecule has 0 spiro atoms. The van der Waals surface area contributed by atoms with Crippen molar-refractivity contribution in [3.63, 3.8) is 0 Å². The summed E-state index contributed by atoms with van der Waals surface area (Å²) in [5.74, 6) is -1.24. The SMILES string of the molecule is CCCCCCCCCC(C(=O)O)c1cc(C)ccc1N. The van der Waals surface area contributed by atoms with Crippen LogP contribution in [0.25, 0.3) is 0 Å². The first-order chi connectivity index (χ1) is 10.1. The number of hydrogen-bond acceptors (Lipinski definition) is 2. The molecule has 0 amide bonds. The fraction of sp³-hybridized carbons (Fsp3) is 0.611. The molecular weight excluding hydrogens is 262 g/mol. The standard InChI is InChI=1S/C18H29NO2/c1-3-4-5-6-7-8-9-10-15(18(20)21)16-13-14(2)11-12-17(16)19/h11-13,15H,3-10,19H2,1-2H3,(H,20,21).